The molecule has 0 aliphatic heterocycles. The number of carbonyl (C=O) groups excluding carboxylic acids is 2. The SMILES string of the molecule is C=C1C[C@@H]2[C@H](CC[C@]3(C)C(C(C)=O)=C(CS(=O)(=O)c4ccccc4)C[C@@H]23)[C@@]2(C)CCC(=O)C=C12. The molecule has 5 atom stereocenters. The number of allylic oxidation sites excluding steroid dienone is 4. The van der Waals surface area contributed by atoms with Gasteiger partial charge in [-0.3, -0.25) is 9.59 Å². The summed E-state index contributed by atoms with van der Waals surface area (Å²) in [6, 6.07) is 8.55. The molecule has 1 aromatic rings. The van der Waals surface area contributed by atoms with Crippen LogP contribution in [-0.2, 0) is 19.4 Å². The molecule has 1 aromatic carbocycles. The summed E-state index contributed by atoms with van der Waals surface area (Å²) in [6.45, 7) is 10.5. The number of hydrogen-bond acceptors (Lipinski definition) is 4. The van der Waals surface area contributed by atoms with Crippen molar-refractivity contribution >= 4 is 21.4 Å². The number of Topliss-reactive ketones (excluding diaryl/α,β-unsaturated/α-hetero) is 1. The summed E-state index contributed by atoms with van der Waals surface area (Å²) in [5.41, 5.74) is 3.38. The van der Waals surface area contributed by atoms with Crippen molar-refractivity contribution in [2.24, 2.45) is 28.6 Å². The van der Waals surface area contributed by atoms with Crippen LogP contribution in [0.25, 0.3) is 0 Å². The lowest BCUT2D eigenvalue weighted by Gasteiger charge is -2.58. The van der Waals surface area contributed by atoms with Crippen LogP contribution < -0.4 is 0 Å². The van der Waals surface area contributed by atoms with Gasteiger partial charge in [0, 0.05) is 12.0 Å². The number of carbonyl (C=O) groups is 2. The van der Waals surface area contributed by atoms with Crippen LogP contribution in [0.15, 0.2) is 70.2 Å². The van der Waals surface area contributed by atoms with E-state index >= 15 is 0 Å². The Kier molecular flexibility index (Phi) is 5.44. The van der Waals surface area contributed by atoms with Crippen LogP contribution in [-0.4, -0.2) is 25.7 Å². The van der Waals surface area contributed by atoms with Gasteiger partial charge < -0.3 is 0 Å². The fourth-order valence-electron chi connectivity index (χ4n) is 8.07. The topological polar surface area (TPSA) is 68.3 Å². The fraction of sp³-hybridized carbons (Fsp3) is 0.517. The predicted molar refractivity (Wildman–Crippen MR) is 133 cm³/mol. The highest BCUT2D eigenvalue weighted by Crippen LogP contribution is 2.67. The van der Waals surface area contributed by atoms with Gasteiger partial charge in [0.1, 0.15) is 0 Å². The van der Waals surface area contributed by atoms with Gasteiger partial charge >= 0.3 is 0 Å². The van der Waals surface area contributed by atoms with E-state index in [0.717, 1.165) is 48.0 Å². The molecule has 2 fully saturated rings. The second-order valence-electron chi connectivity index (χ2n) is 11.4. The molecule has 2 saturated carbocycles. The molecule has 4 nitrogen and oxygen atoms in total. The van der Waals surface area contributed by atoms with Gasteiger partial charge in [0.15, 0.2) is 21.4 Å². The zero-order valence-corrected chi connectivity index (χ0v) is 21.2. The summed E-state index contributed by atoms with van der Waals surface area (Å²) in [4.78, 5) is 25.5. The van der Waals surface area contributed by atoms with Crippen molar-refractivity contribution in [3.63, 3.8) is 0 Å². The van der Waals surface area contributed by atoms with Gasteiger partial charge in [-0.25, -0.2) is 8.42 Å². The molecular weight excluding hydrogens is 444 g/mol. The highest BCUT2D eigenvalue weighted by Gasteiger charge is 2.59. The maximum atomic E-state index is 13.3. The molecule has 0 spiro atoms. The van der Waals surface area contributed by atoms with Gasteiger partial charge in [0.25, 0.3) is 0 Å². The third-order valence-electron chi connectivity index (χ3n) is 9.53. The lowest BCUT2D eigenvalue weighted by molar-refractivity contribution is -0.118. The van der Waals surface area contributed by atoms with E-state index in [1.165, 1.54) is 0 Å². The minimum atomic E-state index is -3.53. The van der Waals surface area contributed by atoms with Crippen molar-refractivity contribution in [3.8, 4) is 0 Å². The number of hydrogen-bond donors (Lipinski definition) is 0. The Bertz CT molecular complexity index is 1250. The van der Waals surface area contributed by atoms with Crippen molar-refractivity contribution < 1.29 is 18.0 Å². The minimum absolute atomic E-state index is 0.00593. The maximum Gasteiger partial charge on any atom is 0.182 e. The van der Waals surface area contributed by atoms with Crippen LogP contribution in [0.1, 0.15) is 59.3 Å². The average molecular weight is 479 g/mol. The third kappa shape index (κ3) is 3.42. The summed E-state index contributed by atoms with van der Waals surface area (Å²) < 4.78 is 26.5. The quantitative estimate of drug-likeness (QED) is 0.560. The van der Waals surface area contributed by atoms with Gasteiger partial charge in [-0.1, -0.05) is 44.2 Å². The summed E-state index contributed by atoms with van der Waals surface area (Å²) in [5, 5.41) is 0. The Hall–Kier alpha value is -2.27. The monoisotopic (exact) mass is 478 g/mol. The van der Waals surface area contributed by atoms with Crippen LogP contribution in [0.5, 0.6) is 0 Å². The predicted octanol–water partition coefficient (Wildman–Crippen LogP) is 5.65. The number of rotatable bonds is 4. The average Bonchev–Trinajstić information content (AvgIpc) is 3.07. The fourth-order valence-corrected chi connectivity index (χ4v) is 9.52. The number of benzene rings is 1. The molecule has 4 aliphatic carbocycles. The molecule has 0 bridgehead atoms. The van der Waals surface area contributed by atoms with Crippen LogP contribution in [0, 0.1) is 28.6 Å². The lowest BCUT2D eigenvalue weighted by Crippen LogP contribution is -2.50. The van der Waals surface area contributed by atoms with E-state index in [1.54, 1.807) is 31.2 Å². The van der Waals surface area contributed by atoms with E-state index in [2.05, 4.69) is 20.4 Å². The first-order valence-corrected chi connectivity index (χ1v) is 14.1. The highest BCUT2D eigenvalue weighted by atomic mass is 32.2. The van der Waals surface area contributed by atoms with E-state index < -0.39 is 9.84 Å². The smallest absolute Gasteiger partial charge is 0.182 e. The number of ketones is 2. The highest BCUT2D eigenvalue weighted by molar-refractivity contribution is 7.91. The van der Waals surface area contributed by atoms with Gasteiger partial charge in [-0.05, 0) is 97.0 Å². The van der Waals surface area contributed by atoms with Gasteiger partial charge in [-0.2, -0.15) is 0 Å². The molecule has 0 N–H and O–H groups in total. The van der Waals surface area contributed by atoms with Gasteiger partial charge in [0.2, 0.25) is 0 Å². The third-order valence-corrected chi connectivity index (χ3v) is 11.2. The molecule has 5 rings (SSSR count). The molecule has 0 radical (unpaired) electrons. The van der Waals surface area contributed by atoms with Crippen LogP contribution in [0.2, 0.25) is 0 Å². The van der Waals surface area contributed by atoms with Crippen LogP contribution in [0.4, 0.5) is 0 Å². The zero-order chi connectivity index (χ0) is 24.5. The van der Waals surface area contributed by atoms with E-state index in [9.17, 15) is 18.0 Å². The molecule has 180 valence electrons. The van der Waals surface area contributed by atoms with Gasteiger partial charge in [0.05, 0.1) is 10.6 Å². The molecule has 34 heavy (non-hydrogen) atoms. The lowest BCUT2D eigenvalue weighted by atomic mass is 9.46. The van der Waals surface area contributed by atoms with Crippen molar-refractivity contribution in [1.82, 2.24) is 0 Å². The van der Waals surface area contributed by atoms with E-state index in [0.29, 0.717) is 29.6 Å². The first kappa shape index (κ1) is 23.5. The van der Waals surface area contributed by atoms with E-state index in [4.69, 9.17) is 0 Å². The molecule has 0 heterocycles. The largest absolute Gasteiger partial charge is 0.295 e. The van der Waals surface area contributed by atoms with Crippen molar-refractivity contribution in [3.05, 3.63) is 65.3 Å². The van der Waals surface area contributed by atoms with Crippen LogP contribution in [0.3, 0.4) is 0 Å². The summed E-state index contributed by atoms with van der Waals surface area (Å²) in [5.74, 6) is 1.10. The first-order chi connectivity index (χ1) is 16.0. The first-order valence-electron chi connectivity index (χ1n) is 12.4. The van der Waals surface area contributed by atoms with Crippen molar-refractivity contribution in [1.29, 1.82) is 0 Å². The van der Waals surface area contributed by atoms with E-state index in [1.807, 2.05) is 12.1 Å². The van der Waals surface area contributed by atoms with E-state index in [-0.39, 0.29) is 34.1 Å². The van der Waals surface area contributed by atoms with Crippen LogP contribution >= 0.6 is 0 Å². The number of fused-ring (bicyclic) bond motifs is 5. The Morgan fingerprint density at radius 1 is 1.06 bits per heavy atom. The van der Waals surface area contributed by atoms with Crippen molar-refractivity contribution in [2.45, 2.75) is 64.2 Å². The molecule has 0 saturated heterocycles. The summed E-state index contributed by atoms with van der Waals surface area (Å²) in [7, 11) is -3.53. The van der Waals surface area contributed by atoms with Gasteiger partial charge in [-0.15, -0.1) is 0 Å². The summed E-state index contributed by atoms with van der Waals surface area (Å²) >= 11 is 0. The molecule has 0 aromatic heterocycles. The molecular formula is C29H34O4S. The second kappa shape index (κ2) is 7.87. The van der Waals surface area contributed by atoms with Crippen molar-refractivity contribution in [2.75, 3.05) is 5.75 Å². The number of sulfone groups is 1. The minimum Gasteiger partial charge on any atom is -0.295 e. The summed E-state index contributed by atoms with van der Waals surface area (Å²) in [6.07, 6.45) is 6.61. The maximum absolute atomic E-state index is 13.3. The second-order valence-corrected chi connectivity index (χ2v) is 13.4. The Balaban J connectivity index is 1.52. The molecule has 5 heteroatoms. The zero-order valence-electron chi connectivity index (χ0n) is 20.4. The molecule has 0 amide bonds. The normalized spacial score (nSPS) is 35.4. The molecule has 4 aliphatic rings. The Morgan fingerprint density at radius 3 is 2.44 bits per heavy atom. The standard InChI is InChI=1S/C29H34O4S/c1-18-14-23-24(28(3)12-10-21(31)16-25(18)28)11-13-29(4)26(23)15-20(27(29)19(2)30)17-34(32,33)22-8-6-5-7-9-22/h5-9,16,23-24,26H,1,10-15,17H2,2-4H3/t23-,24+,26+,28-,29+/m1/s1. The Labute approximate surface area is 203 Å². The molecule has 0 unspecified atom stereocenters. The Morgan fingerprint density at radius 2 is 1.76 bits per heavy atom.